The predicted molar refractivity (Wildman–Crippen MR) is 69.8 cm³/mol. The number of aliphatic hydroxyl groups is 1. The van der Waals surface area contributed by atoms with Gasteiger partial charge < -0.3 is 9.84 Å². The van der Waals surface area contributed by atoms with Crippen LogP contribution in [0.5, 0.6) is 0 Å². The number of aliphatic hydroxyl groups excluding tert-OH is 1. The van der Waals surface area contributed by atoms with Crippen molar-refractivity contribution in [2.75, 3.05) is 7.11 Å². The van der Waals surface area contributed by atoms with E-state index in [9.17, 15) is 5.11 Å². The second-order valence-electron chi connectivity index (χ2n) is 4.36. The van der Waals surface area contributed by atoms with Crippen LogP contribution in [-0.4, -0.2) is 17.8 Å². The first kappa shape index (κ1) is 12.6. The van der Waals surface area contributed by atoms with E-state index in [0.717, 1.165) is 35.0 Å². The summed E-state index contributed by atoms with van der Waals surface area (Å²) >= 11 is 5.07. The van der Waals surface area contributed by atoms with Crippen LogP contribution in [0.3, 0.4) is 0 Å². The highest BCUT2D eigenvalue weighted by atomic mass is 79.9. The molecule has 1 aliphatic carbocycles. The fourth-order valence-corrected chi connectivity index (χ4v) is 4.16. The molecule has 90 valence electrons. The van der Waals surface area contributed by atoms with Gasteiger partial charge in [0.2, 0.25) is 0 Å². The summed E-state index contributed by atoms with van der Waals surface area (Å²) in [6, 6.07) is 1.98. The smallest absolute Gasteiger partial charge is 0.118 e. The van der Waals surface area contributed by atoms with Crippen molar-refractivity contribution < 1.29 is 9.84 Å². The van der Waals surface area contributed by atoms with Crippen molar-refractivity contribution in [3.63, 3.8) is 0 Å². The third-order valence-corrected chi connectivity index (χ3v) is 5.42. The van der Waals surface area contributed by atoms with E-state index in [1.54, 1.807) is 18.4 Å². The SMILES string of the molecule is COC1(C(O)c2sccc2Br)CCCCC1. The van der Waals surface area contributed by atoms with Gasteiger partial charge >= 0.3 is 0 Å². The number of thiophene rings is 1. The Kier molecular flexibility index (Phi) is 4.06. The van der Waals surface area contributed by atoms with Gasteiger partial charge in [0.25, 0.3) is 0 Å². The molecule has 0 saturated heterocycles. The van der Waals surface area contributed by atoms with Crippen molar-refractivity contribution in [2.45, 2.75) is 43.8 Å². The first-order chi connectivity index (χ1) is 7.69. The molecule has 1 aromatic heterocycles. The molecule has 0 aromatic carbocycles. The molecule has 1 aliphatic rings. The van der Waals surface area contributed by atoms with Crippen LogP contribution in [-0.2, 0) is 4.74 Å². The molecule has 1 heterocycles. The van der Waals surface area contributed by atoms with E-state index in [0.29, 0.717) is 0 Å². The van der Waals surface area contributed by atoms with Gasteiger partial charge in [0.05, 0.1) is 10.5 Å². The van der Waals surface area contributed by atoms with Gasteiger partial charge in [0.15, 0.2) is 0 Å². The summed E-state index contributed by atoms with van der Waals surface area (Å²) in [5.74, 6) is 0. The Balaban J connectivity index is 2.24. The lowest BCUT2D eigenvalue weighted by Gasteiger charge is -2.39. The summed E-state index contributed by atoms with van der Waals surface area (Å²) in [5, 5.41) is 12.5. The zero-order valence-corrected chi connectivity index (χ0v) is 11.8. The molecule has 2 nitrogen and oxygen atoms in total. The standard InChI is InChI=1S/C12H17BrO2S/c1-15-12(6-3-2-4-7-12)11(14)10-9(13)5-8-16-10/h5,8,11,14H,2-4,6-7H2,1H3. The van der Waals surface area contributed by atoms with E-state index in [1.165, 1.54) is 6.42 Å². The first-order valence-electron chi connectivity index (χ1n) is 5.66. The summed E-state index contributed by atoms with van der Waals surface area (Å²) in [5.41, 5.74) is -0.369. The monoisotopic (exact) mass is 304 g/mol. The molecular weight excluding hydrogens is 288 g/mol. The topological polar surface area (TPSA) is 29.5 Å². The minimum absolute atomic E-state index is 0.369. The van der Waals surface area contributed by atoms with Gasteiger partial charge in [-0.05, 0) is 40.2 Å². The number of hydrogen-bond donors (Lipinski definition) is 1. The van der Waals surface area contributed by atoms with Crippen LogP contribution in [0, 0.1) is 0 Å². The maximum Gasteiger partial charge on any atom is 0.118 e. The Morgan fingerprint density at radius 2 is 2.12 bits per heavy atom. The Labute approximate surface area is 109 Å². The second-order valence-corrected chi connectivity index (χ2v) is 6.17. The van der Waals surface area contributed by atoms with E-state index >= 15 is 0 Å². The molecule has 16 heavy (non-hydrogen) atoms. The van der Waals surface area contributed by atoms with Crippen molar-refractivity contribution in [2.24, 2.45) is 0 Å². The number of methoxy groups -OCH3 is 1. The van der Waals surface area contributed by atoms with Gasteiger partial charge in [-0.2, -0.15) is 0 Å². The third kappa shape index (κ3) is 2.21. The van der Waals surface area contributed by atoms with E-state index in [-0.39, 0.29) is 5.60 Å². The molecule has 0 radical (unpaired) electrons. The highest BCUT2D eigenvalue weighted by Crippen LogP contribution is 2.44. The molecule has 2 rings (SSSR count). The van der Waals surface area contributed by atoms with Gasteiger partial charge in [-0.3, -0.25) is 0 Å². The number of hydrogen-bond acceptors (Lipinski definition) is 3. The average molecular weight is 305 g/mol. The second kappa shape index (κ2) is 5.17. The molecular formula is C12H17BrO2S. The van der Waals surface area contributed by atoms with Crippen LogP contribution in [0.15, 0.2) is 15.9 Å². The minimum atomic E-state index is -0.507. The zero-order valence-electron chi connectivity index (χ0n) is 9.41. The van der Waals surface area contributed by atoms with Crippen LogP contribution < -0.4 is 0 Å². The Bertz CT molecular complexity index is 345. The molecule has 1 N–H and O–H groups in total. The van der Waals surface area contributed by atoms with Crippen molar-refractivity contribution >= 4 is 27.3 Å². The molecule has 1 atom stereocenters. The van der Waals surface area contributed by atoms with Gasteiger partial charge in [-0.15, -0.1) is 11.3 Å². The predicted octanol–water partition coefficient (Wildman–Crippen LogP) is 3.89. The van der Waals surface area contributed by atoms with Gasteiger partial charge in [0.1, 0.15) is 6.10 Å². The third-order valence-electron chi connectivity index (χ3n) is 3.50. The highest BCUT2D eigenvalue weighted by molar-refractivity contribution is 9.10. The highest BCUT2D eigenvalue weighted by Gasteiger charge is 2.41. The summed E-state index contributed by atoms with van der Waals surface area (Å²) in [6.45, 7) is 0. The van der Waals surface area contributed by atoms with E-state index in [2.05, 4.69) is 15.9 Å². The first-order valence-corrected chi connectivity index (χ1v) is 7.33. The van der Waals surface area contributed by atoms with Gasteiger partial charge in [0, 0.05) is 11.6 Å². The lowest BCUT2D eigenvalue weighted by Crippen LogP contribution is -2.40. The van der Waals surface area contributed by atoms with E-state index < -0.39 is 6.10 Å². The van der Waals surface area contributed by atoms with E-state index in [4.69, 9.17) is 4.74 Å². The largest absolute Gasteiger partial charge is 0.384 e. The van der Waals surface area contributed by atoms with Crippen LogP contribution in [0.2, 0.25) is 0 Å². The zero-order chi connectivity index (χ0) is 11.6. The lowest BCUT2D eigenvalue weighted by molar-refractivity contribution is -0.124. The summed E-state index contributed by atoms with van der Waals surface area (Å²) in [6.07, 6.45) is 4.95. The van der Waals surface area contributed by atoms with E-state index in [1.807, 2.05) is 11.4 Å². The average Bonchev–Trinajstić information content (AvgIpc) is 2.75. The van der Waals surface area contributed by atoms with Gasteiger partial charge in [-0.25, -0.2) is 0 Å². The van der Waals surface area contributed by atoms with Crippen molar-refractivity contribution in [1.82, 2.24) is 0 Å². The quantitative estimate of drug-likeness (QED) is 0.918. The molecule has 4 heteroatoms. The summed E-state index contributed by atoms with van der Waals surface area (Å²) in [4.78, 5) is 0.990. The Hall–Kier alpha value is 0.100. The molecule has 0 amide bonds. The van der Waals surface area contributed by atoms with Crippen molar-refractivity contribution in [3.8, 4) is 0 Å². The summed E-state index contributed by atoms with van der Waals surface area (Å²) < 4.78 is 6.65. The maximum atomic E-state index is 10.5. The number of rotatable bonds is 3. The fourth-order valence-electron chi connectivity index (χ4n) is 2.48. The van der Waals surface area contributed by atoms with Crippen LogP contribution in [0.25, 0.3) is 0 Å². The van der Waals surface area contributed by atoms with Crippen LogP contribution >= 0.6 is 27.3 Å². The number of ether oxygens (including phenoxy) is 1. The lowest BCUT2D eigenvalue weighted by atomic mass is 9.80. The molecule has 1 unspecified atom stereocenters. The molecule has 0 spiro atoms. The van der Waals surface area contributed by atoms with Crippen LogP contribution in [0.4, 0.5) is 0 Å². The summed E-state index contributed by atoms with van der Waals surface area (Å²) in [7, 11) is 1.72. The molecule has 0 aliphatic heterocycles. The Morgan fingerprint density at radius 1 is 1.44 bits per heavy atom. The maximum absolute atomic E-state index is 10.5. The normalized spacial score (nSPS) is 21.9. The molecule has 1 aromatic rings. The van der Waals surface area contributed by atoms with Crippen molar-refractivity contribution in [1.29, 1.82) is 0 Å². The molecule has 1 saturated carbocycles. The minimum Gasteiger partial charge on any atom is -0.384 e. The Morgan fingerprint density at radius 3 is 2.62 bits per heavy atom. The van der Waals surface area contributed by atoms with Crippen molar-refractivity contribution in [3.05, 3.63) is 20.8 Å². The number of halogens is 1. The van der Waals surface area contributed by atoms with Gasteiger partial charge in [-0.1, -0.05) is 19.3 Å². The molecule has 0 bridgehead atoms. The van der Waals surface area contributed by atoms with Crippen LogP contribution in [0.1, 0.15) is 43.1 Å². The fraction of sp³-hybridized carbons (Fsp3) is 0.667. The molecule has 1 fully saturated rings.